The van der Waals surface area contributed by atoms with Crippen molar-refractivity contribution >= 4 is 66.1 Å². The summed E-state index contributed by atoms with van der Waals surface area (Å²) in [4.78, 5) is 2.36. The summed E-state index contributed by atoms with van der Waals surface area (Å²) in [6, 6.07) is 69.5. The number of para-hydroxylation sites is 3. The van der Waals surface area contributed by atoms with Gasteiger partial charge >= 0.3 is 0 Å². The summed E-state index contributed by atoms with van der Waals surface area (Å²) in [5.74, 6) is 1.10. The molecule has 2 unspecified atom stereocenters. The van der Waals surface area contributed by atoms with Crippen LogP contribution in [0.25, 0.3) is 71.3 Å². The average molecular weight is 756 g/mol. The van der Waals surface area contributed by atoms with Gasteiger partial charge in [0.15, 0.2) is 5.58 Å². The Labute approximate surface area is 342 Å². The van der Waals surface area contributed by atoms with E-state index in [4.69, 9.17) is 9.15 Å². The molecule has 3 heteroatoms. The zero-order valence-electron chi connectivity index (χ0n) is 32.1. The van der Waals surface area contributed by atoms with Crippen LogP contribution in [0.3, 0.4) is 0 Å². The first-order valence-electron chi connectivity index (χ1n) is 20.3. The minimum atomic E-state index is -0.0428. The van der Waals surface area contributed by atoms with Crippen LogP contribution in [0.15, 0.2) is 217 Å². The van der Waals surface area contributed by atoms with Crippen molar-refractivity contribution in [3.05, 3.63) is 223 Å². The van der Waals surface area contributed by atoms with E-state index in [2.05, 4.69) is 211 Å². The average Bonchev–Trinajstić information content (AvgIpc) is 3.88. The van der Waals surface area contributed by atoms with Gasteiger partial charge in [0.05, 0.1) is 11.4 Å². The van der Waals surface area contributed by atoms with Gasteiger partial charge in [-0.3, -0.25) is 0 Å². The number of anilines is 3. The molecule has 0 saturated heterocycles. The standard InChI is InChI=1S/C56H37NO2/c1-3-17-43-37(12-1)14-10-21-44(43)40-16-9-15-39(34-40)36-26-30-42(31-27-36)57(52-24-11-22-48-47-20-6-8-25-53(47)59-56(48)52)51-23-7-5-18-45(51)41-29-33-54-50(35-41)49-32-28-38-13-2-4-19-46(38)55(49)58-54/h1-35,50,54H. The normalized spacial score (nSPS) is 15.6. The van der Waals surface area contributed by atoms with Crippen LogP contribution in [0.4, 0.5) is 17.1 Å². The second-order valence-corrected chi connectivity index (χ2v) is 15.6. The third-order valence-electron chi connectivity index (χ3n) is 12.2. The number of fused-ring (bicyclic) bond motifs is 9. The first kappa shape index (κ1) is 33.5. The zero-order valence-corrected chi connectivity index (χ0v) is 32.1. The topological polar surface area (TPSA) is 25.6 Å². The maximum atomic E-state index is 6.72. The molecule has 10 aromatic rings. The van der Waals surface area contributed by atoms with Crippen molar-refractivity contribution < 1.29 is 9.15 Å². The van der Waals surface area contributed by atoms with E-state index < -0.39 is 0 Å². The number of nitrogens with zero attached hydrogens (tertiary/aromatic N) is 1. The molecule has 9 aromatic carbocycles. The van der Waals surface area contributed by atoms with E-state index in [1.165, 1.54) is 38.4 Å². The van der Waals surface area contributed by atoms with Crippen LogP contribution in [-0.4, -0.2) is 6.10 Å². The van der Waals surface area contributed by atoms with Gasteiger partial charge in [-0.25, -0.2) is 0 Å². The van der Waals surface area contributed by atoms with Crippen LogP contribution in [-0.2, 0) is 0 Å². The van der Waals surface area contributed by atoms with Crippen molar-refractivity contribution in [2.24, 2.45) is 0 Å². The summed E-state index contributed by atoms with van der Waals surface area (Å²) in [5.41, 5.74) is 13.1. The Balaban J connectivity index is 0.989. The fourth-order valence-electron chi connectivity index (χ4n) is 9.39. The molecule has 12 rings (SSSR count). The first-order chi connectivity index (χ1) is 29.2. The van der Waals surface area contributed by atoms with E-state index in [0.29, 0.717) is 0 Å². The Bertz CT molecular complexity index is 3330. The fraction of sp³-hybridized carbons (Fsp3) is 0.0357. The summed E-state index contributed by atoms with van der Waals surface area (Å²) in [5, 5.41) is 7.06. The van der Waals surface area contributed by atoms with Crippen LogP contribution in [0.5, 0.6) is 5.75 Å². The lowest BCUT2D eigenvalue weighted by Crippen LogP contribution is -2.18. The van der Waals surface area contributed by atoms with Crippen LogP contribution >= 0.6 is 0 Å². The Morgan fingerprint density at radius 3 is 2.02 bits per heavy atom. The van der Waals surface area contributed by atoms with Crippen molar-refractivity contribution in [2.75, 3.05) is 4.90 Å². The molecule has 0 bridgehead atoms. The molecular weight excluding hydrogens is 719 g/mol. The number of rotatable bonds is 6. The predicted molar refractivity (Wildman–Crippen MR) is 245 cm³/mol. The van der Waals surface area contributed by atoms with E-state index in [0.717, 1.165) is 66.8 Å². The number of allylic oxidation sites excluding steroid dienone is 2. The van der Waals surface area contributed by atoms with Gasteiger partial charge < -0.3 is 14.1 Å². The zero-order chi connectivity index (χ0) is 38.9. The second kappa shape index (κ2) is 13.5. The van der Waals surface area contributed by atoms with Crippen molar-refractivity contribution in [1.29, 1.82) is 0 Å². The summed E-state index contributed by atoms with van der Waals surface area (Å²) in [6.07, 6.45) is 6.83. The highest BCUT2D eigenvalue weighted by Crippen LogP contribution is 2.49. The molecule has 0 N–H and O–H groups in total. The Morgan fingerprint density at radius 1 is 0.458 bits per heavy atom. The number of hydrogen-bond acceptors (Lipinski definition) is 3. The van der Waals surface area contributed by atoms with Gasteiger partial charge in [0.25, 0.3) is 0 Å². The number of benzene rings is 9. The monoisotopic (exact) mass is 755 g/mol. The van der Waals surface area contributed by atoms with Crippen LogP contribution < -0.4 is 9.64 Å². The molecule has 0 fully saturated rings. The van der Waals surface area contributed by atoms with Crippen LogP contribution in [0.1, 0.15) is 17.0 Å². The van der Waals surface area contributed by atoms with E-state index in [-0.39, 0.29) is 12.0 Å². The summed E-state index contributed by atoms with van der Waals surface area (Å²) >= 11 is 0. The Hall–Kier alpha value is -7.62. The van der Waals surface area contributed by atoms with Gasteiger partial charge in [0.1, 0.15) is 17.4 Å². The van der Waals surface area contributed by atoms with Gasteiger partial charge in [-0.1, -0.05) is 170 Å². The maximum absolute atomic E-state index is 6.72. The summed E-state index contributed by atoms with van der Waals surface area (Å²) in [6.45, 7) is 0. The van der Waals surface area contributed by atoms with Crippen molar-refractivity contribution in [2.45, 2.75) is 12.0 Å². The molecule has 59 heavy (non-hydrogen) atoms. The highest BCUT2D eigenvalue weighted by molar-refractivity contribution is 6.11. The molecule has 0 spiro atoms. The Kier molecular flexibility index (Phi) is 7.67. The lowest BCUT2D eigenvalue weighted by molar-refractivity contribution is 0.272. The number of ether oxygens (including phenoxy) is 1. The maximum Gasteiger partial charge on any atom is 0.159 e. The fourth-order valence-corrected chi connectivity index (χ4v) is 9.39. The van der Waals surface area contributed by atoms with Crippen LogP contribution in [0.2, 0.25) is 0 Å². The van der Waals surface area contributed by atoms with E-state index in [1.807, 2.05) is 6.07 Å². The third-order valence-corrected chi connectivity index (χ3v) is 12.2. The molecule has 0 radical (unpaired) electrons. The molecule has 2 heterocycles. The van der Waals surface area contributed by atoms with E-state index >= 15 is 0 Å². The van der Waals surface area contributed by atoms with Gasteiger partial charge in [0.2, 0.25) is 0 Å². The molecule has 1 aromatic heterocycles. The third kappa shape index (κ3) is 5.50. The van der Waals surface area contributed by atoms with Gasteiger partial charge in [0, 0.05) is 38.9 Å². The van der Waals surface area contributed by atoms with Gasteiger partial charge in [-0.2, -0.15) is 0 Å². The molecule has 1 aliphatic carbocycles. The molecule has 3 nitrogen and oxygen atoms in total. The van der Waals surface area contributed by atoms with Crippen molar-refractivity contribution in [3.63, 3.8) is 0 Å². The first-order valence-corrected chi connectivity index (χ1v) is 20.3. The summed E-state index contributed by atoms with van der Waals surface area (Å²) < 4.78 is 13.4. The lowest BCUT2D eigenvalue weighted by Gasteiger charge is -2.29. The second-order valence-electron chi connectivity index (χ2n) is 15.6. The van der Waals surface area contributed by atoms with Gasteiger partial charge in [-0.05, 0) is 86.5 Å². The van der Waals surface area contributed by atoms with Crippen LogP contribution in [0, 0.1) is 0 Å². The van der Waals surface area contributed by atoms with E-state index in [9.17, 15) is 0 Å². The van der Waals surface area contributed by atoms with Crippen molar-refractivity contribution in [3.8, 4) is 28.0 Å². The molecule has 0 amide bonds. The largest absolute Gasteiger partial charge is 0.484 e. The smallest absolute Gasteiger partial charge is 0.159 e. The predicted octanol–water partition coefficient (Wildman–Crippen LogP) is 15.2. The minimum absolute atomic E-state index is 0.0428. The molecular formula is C56H37NO2. The van der Waals surface area contributed by atoms with E-state index in [1.54, 1.807) is 0 Å². The highest BCUT2D eigenvalue weighted by atomic mass is 16.5. The highest BCUT2D eigenvalue weighted by Gasteiger charge is 2.35. The number of hydrogen-bond donors (Lipinski definition) is 0. The quantitative estimate of drug-likeness (QED) is 0.169. The molecule has 2 aliphatic rings. The molecule has 0 saturated carbocycles. The lowest BCUT2D eigenvalue weighted by atomic mass is 9.85. The SMILES string of the molecule is C1=CC2Oc3c(ccc4ccccc34)C2C=C1c1ccccc1N(c1ccc(-c2cccc(-c3cccc4ccccc34)c2)cc1)c1cccc2c1oc1ccccc12. The van der Waals surface area contributed by atoms with Crippen molar-refractivity contribution in [1.82, 2.24) is 0 Å². The van der Waals surface area contributed by atoms with Gasteiger partial charge in [-0.15, -0.1) is 0 Å². The molecule has 1 aliphatic heterocycles. The molecule has 278 valence electrons. The Morgan fingerprint density at radius 2 is 1.12 bits per heavy atom. The number of furan rings is 1. The molecule has 2 atom stereocenters. The summed E-state index contributed by atoms with van der Waals surface area (Å²) in [7, 11) is 0. The minimum Gasteiger partial charge on any atom is -0.484 e.